The predicted molar refractivity (Wildman–Crippen MR) is 117 cm³/mol. The zero-order valence-electron chi connectivity index (χ0n) is 17.8. The molecule has 3 aromatic rings. The van der Waals surface area contributed by atoms with Gasteiger partial charge in [-0.1, -0.05) is 6.07 Å². The number of H-pyrrole nitrogens is 1. The summed E-state index contributed by atoms with van der Waals surface area (Å²) in [6.07, 6.45) is 3.64. The van der Waals surface area contributed by atoms with Gasteiger partial charge in [-0.3, -0.25) is 0 Å². The molecule has 0 radical (unpaired) electrons. The van der Waals surface area contributed by atoms with E-state index in [-0.39, 0.29) is 6.61 Å². The Balaban J connectivity index is 1.32. The molecule has 0 saturated heterocycles. The maximum Gasteiger partial charge on any atom is 0.160 e. The highest BCUT2D eigenvalue weighted by atomic mass is 16.5. The van der Waals surface area contributed by atoms with E-state index in [2.05, 4.69) is 15.3 Å². The van der Waals surface area contributed by atoms with Crippen LogP contribution >= 0.6 is 0 Å². The molecule has 0 aliphatic heterocycles. The number of aliphatic hydroxyl groups is 1. The lowest BCUT2D eigenvalue weighted by atomic mass is 10.1. The third kappa shape index (κ3) is 7.20. The van der Waals surface area contributed by atoms with Crippen molar-refractivity contribution in [2.75, 3.05) is 33.9 Å². The number of rotatable bonds is 13. The minimum atomic E-state index is -0.611. The number of aromatic nitrogens is 2. The van der Waals surface area contributed by atoms with E-state index in [4.69, 9.17) is 18.9 Å². The monoisotopic (exact) mass is 427 g/mol. The Bertz CT molecular complexity index is 900. The smallest absolute Gasteiger partial charge is 0.160 e. The van der Waals surface area contributed by atoms with Crippen LogP contribution in [0, 0.1) is 0 Å². The van der Waals surface area contributed by atoms with Gasteiger partial charge in [-0.2, -0.15) is 0 Å². The van der Waals surface area contributed by atoms with Crippen molar-refractivity contribution in [1.29, 1.82) is 0 Å². The van der Waals surface area contributed by atoms with Crippen molar-refractivity contribution in [2.24, 2.45) is 0 Å². The summed E-state index contributed by atoms with van der Waals surface area (Å²) in [7, 11) is 3.24. The van der Waals surface area contributed by atoms with E-state index in [1.807, 2.05) is 42.5 Å². The quantitative estimate of drug-likeness (QED) is 0.361. The molecule has 0 amide bonds. The Kier molecular flexibility index (Phi) is 8.57. The van der Waals surface area contributed by atoms with Crippen LogP contribution in [0.1, 0.15) is 11.4 Å². The summed E-state index contributed by atoms with van der Waals surface area (Å²) in [6, 6.07) is 13.1. The van der Waals surface area contributed by atoms with Gasteiger partial charge in [-0.05, 0) is 54.9 Å². The number of ether oxygens (including phenoxy) is 4. The Morgan fingerprint density at radius 1 is 1.00 bits per heavy atom. The van der Waals surface area contributed by atoms with Crippen LogP contribution in [0.5, 0.6) is 23.0 Å². The van der Waals surface area contributed by atoms with E-state index in [0.717, 1.165) is 30.1 Å². The normalized spacial score (nSPS) is 11.7. The zero-order valence-corrected chi connectivity index (χ0v) is 17.8. The number of nitrogens with one attached hydrogen (secondary N) is 2. The van der Waals surface area contributed by atoms with Crippen LogP contribution in [0.2, 0.25) is 0 Å². The first-order valence-corrected chi connectivity index (χ1v) is 10.1. The van der Waals surface area contributed by atoms with Gasteiger partial charge in [0.2, 0.25) is 0 Å². The number of aliphatic hydroxyl groups excluding tert-OH is 1. The topological polar surface area (TPSA) is 97.9 Å². The Labute approximate surface area is 182 Å². The molecule has 2 aromatic carbocycles. The zero-order chi connectivity index (χ0) is 21.9. The molecule has 0 aliphatic carbocycles. The highest BCUT2D eigenvalue weighted by molar-refractivity contribution is 5.43. The van der Waals surface area contributed by atoms with Crippen molar-refractivity contribution in [1.82, 2.24) is 15.3 Å². The van der Waals surface area contributed by atoms with Crippen LogP contribution < -0.4 is 24.3 Å². The molecule has 1 atom stereocenters. The first-order chi connectivity index (χ1) is 15.2. The molecule has 0 fully saturated rings. The fraction of sp³-hybridized carbons (Fsp3) is 0.348. The summed E-state index contributed by atoms with van der Waals surface area (Å²) in [5.74, 6) is 3.59. The molecule has 1 aromatic heterocycles. The SMILES string of the molecule is COc1ccc(CCNC[C@H](O)COc2ccc(OCc3ncc[nH]3)cc2)cc1OC. The van der Waals surface area contributed by atoms with Gasteiger partial charge in [0.1, 0.15) is 36.6 Å². The second kappa shape index (κ2) is 11.8. The standard InChI is InChI=1S/C23H29N3O5/c1-28-21-8-3-17(13-22(21)29-2)9-10-24-14-18(27)15-30-19-4-6-20(7-5-19)31-16-23-25-11-12-26-23/h3-8,11-13,18,24,27H,9-10,14-16H2,1-2H3,(H,25,26)/t18-/m0/s1. The number of imidazole rings is 1. The molecule has 3 rings (SSSR count). The number of hydrogen-bond acceptors (Lipinski definition) is 7. The highest BCUT2D eigenvalue weighted by Crippen LogP contribution is 2.27. The first kappa shape index (κ1) is 22.5. The molecule has 3 N–H and O–H groups in total. The Hall–Kier alpha value is -3.23. The van der Waals surface area contributed by atoms with Gasteiger partial charge in [0.15, 0.2) is 11.5 Å². The van der Waals surface area contributed by atoms with E-state index in [1.165, 1.54) is 0 Å². The van der Waals surface area contributed by atoms with Gasteiger partial charge in [0.05, 0.1) is 14.2 Å². The maximum atomic E-state index is 10.1. The van der Waals surface area contributed by atoms with E-state index < -0.39 is 6.10 Å². The summed E-state index contributed by atoms with van der Waals surface area (Å²) in [5.41, 5.74) is 1.13. The molecule has 0 saturated carbocycles. The van der Waals surface area contributed by atoms with Crippen LogP contribution in [0.3, 0.4) is 0 Å². The summed E-state index contributed by atoms with van der Waals surface area (Å²) < 4.78 is 21.9. The number of hydrogen-bond donors (Lipinski definition) is 3. The molecule has 8 nitrogen and oxygen atoms in total. The van der Waals surface area contributed by atoms with E-state index in [1.54, 1.807) is 26.6 Å². The molecule has 0 aliphatic rings. The number of benzene rings is 2. The Morgan fingerprint density at radius 3 is 2.42 bits per heavy atom. The summed E-state index contributed by atoms with van der Waals surface area (Å²) in [4.78, 5) is 7.10. The molecule has 31 heavy (non-hydrogen) atoms. The molecular formula is C23H29N3O5. The number of nitrogens with zero attached hydrogens (tertiary/aromatic N) is 1. The molecule has 0 spiro atoms. The van der Waals surface area contributed by atoms with E-state index in [0.29, 0.717) is 30.4 Å². The average Bonchev–Trinajstić information content (AvgIpc) is 3.33. The van der Waals surface area contributed by atoms with Gasteiger partial charge in [-0.25, -0.2) is 4.98 Å². The van der Waals surface area contributed by atoms with Crippen molar-refractivity contribution in [3.05, 3.63) is 66.2 Å². The fourth-order valence-corrected chi connectivity index (χ4v) is 2.95. The van der Waals surface area contributed by atoms with Crippen LogP contribution in [0.4, 0.5) is 0 Å². The van der Waals surface area contributed by atoms with Crippen molar-refractivity contribution >= 4 is 0 Å². The van der Waals surface area contributed by atoms with Crippen molar-refractivity contribution < 1.29 is 24.1 Å². The largest absolute Gasteiger partial charge is 0.493 e. The maximum absolute atomic E-state index is 10.1. The van der Waals surface area contributed by atoms with Crippen molar-refractivity contribution in [2.45, 2.75) is 19.1 Å². The van der Waals surface area contributed by atoms with Gasteiger partial charge in [0, 0.05) is 18.9 Å². The minimum absolute atomic E-state index is 0.204. The predicted octanol–water partition coefficient (Wildman–Crippen LogP) is 2.58. The van der Waals surface area contributed by atoms with Gasteiger partial charge < -0.3 is 34.4 Å². The summed E-state index contributed by atoms with van der Waals surface area (Å²) >= 11 is 0. The summed E-state index contributed by atoms with van der Waals surface area (Å²) in [6.45, 7) is 1.75. The van der Waals surface area contributed by atoms with Crippen LogP contribution in [0.25, 0.3) is 0 Å². The molecule has 166 valence electrons. The van der Waals surface area contributed by atoms with Gasteiger partial charge in [0.25, 0.3) is 0 Å². The van der Waals surface area contributed by atoms with E-state index >= 15 is 0 Å². The lowest BCUT2D eigenvalue weighted by Crippen LogP contribution is -2.32. The van der Waals surface area contributed by atoms with Gasteiger partial charge >= 0.3 is 0 Å². The second-order valence-corrected chi connectivity index (χ2v) is 6.90. The third-order valence-corrected chi connectivity index (χ3v) is 4.61. The van der Waals surface area contributed by atoms with Crippen LogP contribution in [-0.4, -0.2) is 55.1 Å². The third-order valence-electron chi connectivity index (χ3n) is 4.61. The lowest BCUT2D eigenvalue weighted by molar-refractivity contribution is 0.106. The molecule has 0 unspecified atom stereocenters. The molecular weight excluding hydrogens is 398 g/mol. The summed E-state index contributed by atoms with van der Waals surface area (Å²) in [5, 5.41) is 13.4. The first-order valence-electron chi connectivity index (χ1n) is 10.1. The highest BCUT2D eigenvalue weighted by Gasteiger charge is 2.07. The van der Waals surface area contributed by atoms with Crippen LogP contribution in [0.15, 0.2) is 54.9 Å². The van der Waals surface area contributed by atoms with Gasteiger partial charge in [-0.15, -0.1) is 0 Å². The van der Waals surface area contributed by atoms with Crippen molar-refractivity contribution in [3.63, 3.8) is 0 Å². The minimum Gasteiger partial charge on any atom is -0.493 e. The Morgan fingerprint density at radius 2 is 1.74 bits per heavy atom. The van der Waals surface area contributed by atoms with Crippen LogP contribution in [-0.2, 0) is 13.0 Å². The number of methoxy groups -OCH3 is 2. The number of aromatic amines is 1. The van der Waals surface area contributed by atoms with Crippen molar-refractivity contribution in [3.8, 4) is 23.0 Å². The van der Waals surface area contributed by atoms with E-state index in [9.17, 15) is 5.11 Å². The lowest BCUT2D eigenvalue weighted by Gasteiger charge is -2.14. The fourth-order valence-electron chi connectivity index (χ4n) is 2.95. The molecule has 8 heteroatoms. The molecule has 0 bridgehead atoms. The second-order valence-electron chi connectivity index (χ2n) is 6.90. The molecule has 1 heterocycles. The average molecular weight is 428 g/mol.